The number of hydrogen-bond acceptors (Lipinski definition) is 4. The third-order valence-corrected chi connectivity index (χ3v) is 5.04. The summed E-state index contributed by atoms with van der Waals surface area (Å²) in [5.41, 5.74) is 1.35. The molecule has 1 fully saturated rings. The van der Waals surface area contributed by atoms with Crippen LogP contribution in [0, 0.1) is 0 Å². The molecular weight excluding hydrogens is 324 g/mol. The number of nitrogens with zero attached hydrogens (tertiary/aromatic N) is 3. The number of aromatic nitrogens is 2. The first kappa shape index (κ1) is 16.9. The second-order valence-corrected chi connectivity index (χ2v) is 6.92. The molecule has 0 aliphatic carbocycles. The number of rotatable bonds is 6. The molecule has 1 atom stereocenters. The molecule has 2 aromatic carbocycles. The average molecular weight is 348 g/mol. The summed E-state index contributed by atoms with van der Waals surface area (Å²) in [6, 6.07) is 18.7. The van der Waals surface area contributed by atoms with Crippen molar-refractivity contribution in [2.75, 3.05) is 19.6 Å². The van der Waals surface area contributed by atoms with Gasteiger partial charge in [0.05, 0.1) is 18.1 Å². The van der Waals surface area contributed by atoms with Gasteiger partial charge in [0, 0.05) is 37.6 Å². The van der Waals surface area contributed by atoms with Crippen molar-refractivity contribution in [3.05, 3.63) is 76.7 Å². The van der Waals surface area contributed by atoms with E-state index in [4.69, 9.17) is 0 Å². The predicted molar refractivity (Wildman–Crippen MR) is 104 cm³/mol. The SMILES string of the molecule is O=c1c2ccccc2cnn1CCN[C@H]1CCN(Cc2ccccc2)C1. The van der Waals surface area contributed by atoms with Crippen LogP contribution >= 0.6 is 0 Å². The first-order chi connectivity index (χ1) is 12.8. The number of likely N-dealkylation sites (tertiary alicyclic amines) is 1. The molecule has 4 rings (SSSR count). The van der Waals surface area contributed by atoms with Crippen LogP contribution in [0.2, 0.25) is 0 Å². The molecule has 134 valence electrons. The van der Waals surface area contributed by atoms with Crippen molar-refractivity contribution in [3.8, 4) is 0 Å². The lowest BCUT2D eigenvalue weighted by molar-refractivity contribution is 0.319. The third-order valence-electron chi connectivity index (χ3n) is 5.04. The Kier molecular flexibility index (Phi) is 5.09. The van der Waals surface area contributed by atoms with Crippen molar-refractivity contribution in [1.29, 1.82) is 0 Å². The molecule has 0 unspecified atom stereocenters. The van der Waals surface area contributed by atoms with Crippen molar-refractivity contribution in [2.45, 2.75) is 25.6 Å². The standard InChI is InChI=1S/C21H24N4O/c26-21-20-9-5-4-8-18(20)14-23-25(21)13-11-22-19-10-12-24(16-19)15-17-6-2-1-3-7-17/h1-9,14,19,22H,10-13,15-16H2/t19-/m0/s1. The summed E-state index contributed by atoms with van der Waals surface area (Å²) in [5.74, 6) is 0. The zero-order valence-electron chi connectivity index (χ0n) is 14.8. The summed E-state index contributed by atoms with van der Waals surface area (Å²) in [4.78, 5) is 15.0. The maximum atomic E-state index is 12.5. The smallest absolute Gasteiger partial charge is 0.274 e. The van der Waals surface area contributed by atoms with Crippen LogP contribution in [0.4, 0.5) is 0 Å². The Balaban J connectivity index is 1.29. The van der Waals surface area contributed by atoms with Crippen LogP contribution in [0.3, 0.4) is 0 Å². The molecule has 1 aliphatic heterocycles. The van der Waals surface area contributed by atoms with E-state index in [1.807, 2.05) is 24.3 Å². The molecule has 0 radical (unpaired) electrons. The molecule has 5 heteroatoms. The molecule has 0 saturated carbocycles. The summed E-state index contributed by atoms with van der Waals surface area (Å²) < 4.78 is 1.56. The highest BCUT2D eigenvalue weighted by Crippen LogP contribution is 2.13. The van der Waals surface area contributed by atoms with Gasteiger partial charge in [-0.15, -0.1) is 0 Å². The normalized spacial score (nSPS) is 17.8. The molecule has 1 aliphatic rings. The van der Waals surface area contributed by atoms with E-state index in [1.165, 1.54) is 5.56 Å². The number of benzene rings is 2. The Hall–Kier alpha value is -2.50. The zero-order chi connectivity index (χ0) is 17.8. The van der Waals surface area contributed by atoms with Gasteiger partial charge in [-0.05, 0) is 18.1 Å². The molecule has 5 nitrogen and oxygen atoms in total. The second-order valence-electron chi connectivity index (χ2n) is 6.92. The molecule has 1 N–H and O–H groups in total. The third kappa shape index (κ3) is 3.84. The lowest BCUT2D eigenvalue weighted by Crippen LogP contribution is -2.36. The number of hydrogen-bond donors (Lipinski definition) is 1. The summed E-state index contributed by atoms with van der Waals surface area (Å²) in [7, 11) is 0. The van der Waals surface area contributed by atoms with Crippen LogP contribution in [0.15, 0.2) is 65.6 Å². The number of nitrogens with one attached hydrogen (secondary N) is 1. The van der Waals surface area contributed by atoms with E-state index < -0.39 is 0 Å². The summed E-state index contributed by atoms with van der Waals surface area (Å²) in [6.07, 6.45) is 2.92. The molecule has 0 bridgehead atoms. The second kappa shape index (κ2) is 7.81. The van der Waals surface area contributed by atoms with Crippen molar-refractivity contribution in [1.82, 2.24) is 20.0 Å². The molecule has 1 aromatic heterocycles. The minimum absolute atomic E-state index is 0.0120. The van der Waals surface area contributed by atoms with Gasteiger partial charge in [-0.1, -0.05) is 48.5 Å². The van der Waals surface area contributed by atoms with E-state index in [9.17, 15) is 4.79 Å². The van der Waals surface area contributed by atoms with Crippen molar-refractivity contribution in [3.63, 3.8) is 0 Å². The van der Waals surface area contributed by atoms with Gasteiger partial charge >= 0.3 is 0 Å². The van der Waals surface area contributed by atoms with Crippen LogP contribution in [0.5, 0.6) is 0 Å². The van der Waals surface area contributed by atoms with Crippen molar-refractivity contribution < 1.29 is 0 Å². The maximum absolute atomic E-state index is 12.5. The van der Waals surface area contributed by atoms with Gasteiger partial charge < -0.3 is 5.32 Å². The van der Waals surface area contributed by atoms with E-state index in [2.05, 4.69) is 45.6 Å². The van der Waals surface area contributed by atoms with Gasteiger partial charge in [0.15, 0.2) is 0 Å². The van der Waals surface area contributed by atoms with Gasteiger partial charge in [0.25, 0.3) is 5.56 Å². The van der Waals surface area contributed by atoms with Gasteiger partial charge in [-0.25, -0.2) is 4.68 Å². The van der Waals surface area contributed by atoms with Gasteiger partial charge in [0.2, 0.25) is 0 Å². The highest BCUT2D eigenvalue weighted by molar-refractivity contribution is 5.80. The fraction of sp³-hybridized carbons (Fsp3) is 0.333. The average Bonchev–Trinajstić information content (AvgIpc) is 3.12. The first-order valence-electron chi connectivity index (χ1n) is 9.24. The number of fused-ring (bicyclic) bond motifs is 1. The highest BCUT2D eigenvalue weighted by atomic mass is 16.1. The topological polar surface area (TPSA) is 50.2 Å². The molecule has 26 heavy (non-hydrogen) atoms. The Bertz CT molecular complexity index is 922. The largest absolute Gasteiger partial charge is 0.311 e. The Labute approximate surface area is 153 Å². The Morgan fingerprint density at radius 2 is 1.88 bits per heavy atom. The fourth-order valence-electron chi connectivity index (χ4n) is 3.65. The van der Waals surface area contributed by atoms with Crippen LogP contribution in [-0.2, 0) is 13.1 Å². The first-order valence-corrected chi connectivity index (χ1v) is 9.24. The van der Waals surface area contributed by atoms with Crippen LogP contribution in [0.25, 0.3) is 10.8 Å². The maximum Gasteiger partial charge on any atom is 0.274 e. The highest BCUT2D eigenvalue weighted by Gasteiger charge is 2.21. The molecular formula is C21H24N4O. The molecule has 3 aromatic rings. The minimum Gasteiger partial charge on any atom is -0.311 e. The van der Waals surface area contributed by atoms with Crippen molar-refractivity contribution >= 4 is 10.8 Å². The predicted octanol–water partition coefficient (Wildman–Crippen LogP) is 2.26. The van der Waals surface area contributed by atoms with E-state index >= 15 is 0 Å². The minimum atomic E-state index is -0.0120. The zero-order valence-corrected chi connectivity index (χ0v) is 14.8. The monoisotopic (exact) mass is 348 g/mol. The lowest BCUT2D eigenvalue weighted by atomic mass is 10.2. The van der Waals surface area contributed by atoms with Crippen LogP contribution in [0.1, 0.15) is 12.0 Å². The van der Waals surface area contributed by atoms with Crippen LogP contribution < -0.4 is 10.9 Å². The van der Waals surface area contributed by atoms with E-state index in [1.54, 1.807) is 10.9 Å². The van der Waals surface area contributed by atoms with Gasteiger partial charge in [-0.3, -0.25) is 9.69 Å². The van der Waals surface area contributed by atoms with E-state index in [-0.39, 0.29) is 5.56 Å². The summed E-state index contributed by atoms with van der Waals surface area (Å²) >= 11 is 0. The molecule has 0 amide bonds. The van der Waals surface area contributed by atoms with Crippen molar-refractivity contribution in [2.24, 2.45) is 0 Å². The fourth-order valence-corrected chi connectivity index (χ4v) is 3.65. The molecule has 0 spiro atoms. The summed E-state index contributed by atoms with van der Waals surface area (Å²) in [5, 5.41) is 9.51. The van der Waals surface area contributed by atoms with E-state index in [0.29, 0.717) is 12.6 Å². The lowest BCUT2D eigenvalue weighted by Gasteiger charge is -2.17. The van der Waals surface area contributed by atoms with Gasteiger partial charge in [-0.2, -0.15) is 5.10 Å². The summed E-state index contributed by atoms with van der Waals surface area (Å²) in [6.45, 7) is 4.52. The van der Waals surface area contributed by atoms with Crippen LogP contribution in [-0.4, -0.2) is 40.4 Å². The quantitative estimate of drug-likeness (QED) is 0.742. The Morgan fingerprint density at radius 1 is 1.08 bits per heavy atom. The molecule has 2 heterocycles. The Morgan fingerprint density at radius 3 is 2.77 bits per heavy atom. The molecule has 1 saturated heterocycles. The van der Waals surface area contributed by atoms with E-state index in [0.717, 1.165) is 43.4 Å². The van der Waals surface area contributed by atoms with Gasteiger partial charge in [0.1, 0.15) is 0 Å².